The molecule has 0 atom stereocenters. The first-order valence-corrected chi connectivity index (χ1v) is 18.7. The van der Waals surface area contributed by atoms with Gasteiger partial charge in [0.2, 0.25) is 0 Å². The lowest BCUT2D eigenvalue weighted by Gasteiger charge is -2.22. The minimum atomic E-state index is -0.0372. The fourth-order valence-corrected chi connectivity index (χ4v) is 9.44. The van der Waals surface area contributed by atoms with Gasteiger partial charge in [-0.3, -0.25) is 0 Å². The standard InChI is InChI=1S/C53H36/c1-53(2)49-28-27-37(30-46(49)47-29-35-13-3-4-14-36(35)32-50(47)53)33-23-25-34(26-24-33)51-42-19-9-11-21-44(42)52(45-22-12-10-20-43(45)51)48-31-38-15-5-6-16-39(38)40-17-7-8-18-41(40)48/h3-32H,1-2H3. The molecule has 0 spiro atoms. The molecule has 1 aliphatic rings. The quantitative estimate of drug-likeness (QED) is 0.129. The molecular formula is C53H36. The average Bonchev–Trinajstić information content (AvgIpc) is 3.43. The first-order chi connectivity index (χ1) is 26.0. The molecule has 0 saturated heterocycles. The summed E-state index contributed by atoms with van der Waals surface area (Å²) in [5, 5.41) is 12.8. The van der Waals surface area contributed by atoms with E-state index in [1.54, 1.807) is 0 Å². The van der Waals surface area contributed by atoms with Crippen molar-refractivity contribution in [1.82, 2.24) is 0 Å². The fraction of sp³-hybridized carbons (Fsp3) is 0.0566. The van der Waals surface area contributed by atoms with E-state index >= 15 is 0 Å². The Morgan fingerprint density at radius 1 is 0.283 bits per heavy atom. The third kappa shape index (κ3) is 4.42. The molecule has 11 rings (SSSR count). The van der Waals surface area contributed by atoms with Crippen LogP contribution in [-0.2, 0) is 5.41 Å². The van der Waals surface area contributed by atoms with E-state index in [4.69, 9.17) is 0 Å². The van der Waals surface area contributed by atoms with Crippen LogP contribution in [0, 0.1) is 0 Å². The van der Waals surface area contributed by atoms with Gasteiger partial charge < -0.3 is 0 Å². The van der Waals surface area contributed by atoms with E-state index in [0.29, 0.717) is 0 Å². The van der Waals surface area contributed by atoms with Crippen LogP contribution in [-0.4, -0.2) is 0 Å². The molecule has 248 valence electrons. The predicted molar refractivity (Wildman–Crippen MR) is 228 cm³/mol. The topological polar surface area (TPSA) is 0 Å². The maximum atomic E-state index is 2.42. The van der Waals surface area contributed by atoms with Crippen molar-refractivity contribution in [2.45, 2.75) is 19.3 Å². The SMILES string of the molecule is CC1(C)c2ccc(-c3ccc(-c4c5ccccc5c(-c5cc6ccccc6c6ccccc56)c5ccccc45)cc3)cc2-c2cc3ccccc3cc21. The summed E-state index contributed by atoms with van der Waals surface area (Å²) in [7, 11) is 0. The Hall–Kier alpha value is -6.50. The van der Waals surface area contributed by atoms with Crippen molar-refractivity contribution in [2.75, 3.05) is 0 Å². The monoisotopic (exact) mass is 672 g/mol. The number of benzene rings is 10. The summed E-state index contributed by atoms with van der Waals surface area (Å²) in [6, 6.07) is 67.9. The third-order valence-corrected chi connectivity index (χ3v) is 12.0. The molecule has 0 aromatic heterocycles. The molecule has 0 heterocycles. The molecule has 10 aromatic rings. The van der Waals surface area contributed by atoms with Crippen LogP contribution in [0.2, 0.25) is 0 Å². The van der Waals surface area contributed by atoms with Crippen molar-refractivity contribution in [3.05, 3.63) is 193 Å². The van der Waals surface area contributed by atoms with Gasteiger partial charge in [0.15, 0.2) is 0 Å². The molecule has 0 nitrogen and oxygen atoms in total. The molecule has 53 heavy (non-hydrogen) atoms. The second-order valence-corrected chi connectivity index (χ2v) is 15.2. The lowest BCUT2D eigenvalue weighted by Crippen LogP contribution is -2.14. The molecule has 0 N–H and O–H groups in total. The summed E-state index contributed by atoms with van der Waals surface area (Å²) in [6.07, 6.45) is 0. The highest BCUT2D eigenvalue weighted by atomic mass is 14.4. The maximum Gasteiger partial charge on any atom is 0.0159 e. The van der Waals surface area contributed by atoms with E-state index < -0.39 is 0 Å². The molecule has 0 saturated carbocycles. The van der Waals surface area contributed by atoms with E-state index in [1.807, 2.05) is 0 Å². The summed E-state index contributed by atoms with van der Waals surface area (Å²) >= 11 is 0. The Morgan fingerprint density at radius 3 is 1.40 bits per heavy atom. The lowest BCUT2D eigenvalue weighted by molar-refractivity contribution is 0.661. The highest BCUT2D eigenvalue weighted by molar-refractivity contribution is 6.25. The zero-order valence-corrected chi connectivity index (χ0v) is 29.8. The van der Waals surface area contributed by atoms with Gasteiger partial charge in [-0.1, -0.05) is 172 Å². The predicted octanol–water partition coefficient (Wildman–Crippen LogP) is 14.8. The summed E-state index contributed by atoms with van der Waals surface area (Å²) < 4.78 is 0. The molecule has 0 heteroatoms. The van der Waals surface area contributed by atoms with Gasteiger partial charge in [0.25, 0.3) is 0 Å². The van der Waals surface area contributed by atoms with Gasteiger partial charge in [-0.2, -0.15) is 0 Å². The minimum Gasteiger partial charge on any atom is -0.0616 e. The maximum absolute atomic E-state index is 2.42. The van der Waals surface area contributed by atoms with Gasteiger partial charge in [-0.15, -0.1) is 0 Å². The first kappa shape index (κ1) is 30.2. The van der Waals surface area contributed by atoms with E-state index in [2.05, 4.69) is 196 Å². The molecule has 0 aliphatic heterocycles. The molecular weight excluding hydrogens is 637 g/mol. The number of hydrogen-bond acceptors (Lipinski definition) is 0. The van der Waals surface area contributed by atoms with Gasteiger partial charge in [-0.05, 0) is 134 Å². The van der Waals surface area contributed by atoms with Crippen molar-refractivity contribution in [3.8, 4) is 44.5 Å². The number of rotatable bonds is 3. The Labute approximate surface area is 309 Å². The molecule has 0 fully saturated rings. The van der Waals surface area contributed by atoms with Crippen LogP contribution in [0.3, 0.4) is 0 Å². The summed E-state index contributed by atoms with van der Waals surface area (Å²) in [4.78, 5) is 0. The van der Waals surface area contributed by atoms with Crippen LogP contribution < -0.4 is 0 Å². The van der Waals surface area contributed by atoms with Crippen LogP contribution in [0.5, 0.6) is 0 Å². The van der Waals surface area contributed by atoms with Gasteiger partial charge in [0, 0.05) is 5.41 Å². The van der Waals surface area contributed by atoms with Crippen LogP contribution >= 0.6 is 0 Å². The fourth-order valence-electron chi connectivity index (χ4n) is 9.44. The van der Waals surface area contributed by atoms with E-state index in [-0.39, 0.29) is 5.41 Å². The van der Waals surface area contributed by atoms with Gasteiger partial charge >= 0.3 is 0 Å². The highest BCUT2D eigenvalue weighted by Crippen LogP contribution is 2.51. The van der Waals surface area contributed by atoms with E-state index in [0.717, 1.165) is 0 Å². The molecule has 0 radical (unpaired) electrons. The zero-order chi connectivity index (χ0) is 35.3. The van der Waals surface area contributed by atoms with Crippen molar-refractivity contribution in [2.24, 2.45) is 0 Å². The second kappa shape index (κ2) is 11.2. The van der Waals surface area contributed by atoms with Crippen molar-refractivity contribution in [1.29, 1.82) is 0 Å². The molecule has 0 unspecified atom stereocenters. The van der Waals surface area contributed by atoms with Crippen molar-refractivity contribution >= 4 is 53.9 Å². The van der Waals surface area contributed by atoms with Crippen molar-refractivity contribution < 1.29 is 0 Å². The van der Waals surface area contributed by atoms with Crippen molar-refractivity contribution in [3.63, 3.8) is 0 Å². The van der Waals surface area contributed by atoms with Crippen LogP contribution in [0.25, 0.3) is 98.4 Å². The number of hydrogen-bond donors (Lipinski definition) is 0. The highest BCUT2D eigenvalue weighted by Gasteiger charge is 2.35. The normalized spacial score (nSPS) is 13.2. The summed E-state index contributed by atoms with van der Waals surface area (Å²) in [5.41, 5.74) is 13.1. The van der Waals surface area contributed by atoms with E-state index in [1.165, 1.54) is 109 Å². The smallest absolute Gasteiger partial charge is 0.0159 e. The lowest BCUT2D eigenvalue weighted by atomic mass is 9.81. The third-order valence-electron chi connectivity index (χ3n) is 12.0. The Balaban J connectivity index is 1.08. The molecule has 1 aliphatic carbocycles. The summed E-state index contributed by atoms with van der Waals surface area (Å²) in [5.74, 6) is 0. The van der Waals surface area contributed by atoms with Gasteiger partial charge in [0.05, 0.1) is 0 Å². The largest absolute Gasteiger partial charge is 0.0616 e. The Bertz CT molecular complexity index is 3060. The minimum absolute atomic E-state index is 0.0372. The van der Waals surface area contributed by atoms with Crippen LogP contribution in [0.4, 0.5) is 0 Å². The summed E-state index contributed by atoms with van der Waals surface area (Å²) in [6.45, 7) is 4.73. The van der Waals surface area contributed by atoms with E-state index in [9.17, 15) is 0 Å². The molecule has 0 bridgehead atoms. The first-order valence-electron chi connectivity index (χ1n) is 18.7. The second-order valence-electron chi connectivity index (χ2n) is 15.2. The number of fused-ring (bicyclic) bond motifs is 9. The van der Waals surface area contributed by atoms with Crippen LogP contribution in [0.1, 0.15) is 25.0 Å². The molecule has 0 amide bonds. The zero-order valence-electron chi connectivity index (χ0n) is 29.8. The average molecular weight is 673 g/mol. The van der Waals surface area contributed by atoms with Crippen LogP contribution in [0.15, 0.2) is 182 Å². The Kier molecular flexibility index (Phi) is 6.40. The van der Waals surface area contributed by atoms with Gasteiger partial charge in [0.1, 0.15) is 0 Å². The molecule has 10 aromatic carbocycles. The van der Waals surface area contributed by atoms with Gasteiger partial charge in [-0.25, -0.2) is 0 Å². The Morgan fingerprint density at radius 2 is 0.736 bits per heavy atom.